The Labute approximate surface area is 132 Å². The first-order valence-corrected chi connectivity index (χ1v) is 8.29. The van der Waals surface area contributed by atoms with Gasteiger partial charge in [0, 0.05) is 25.2 Å². The predicted molar refractivity (Wildman–Crippen MR) is 89.9 cm³/mol. The second kappa shape index (κ2) is 7.20. The zero-order valence-corrected chi connectivity index (χ0v) is 13.1. The predicted octanol–water partition coefficient (Wildman–Crippen LogP) is 1.34. The number of thiocarbonyl (C=S) groups is 1. The van der Waals surface area contributed by atoms with Crippen LogP contribution in [-0.4, -0.2) is 30.3 Å². The highest BCUT2D eigenvalue weighted by Gasteiger charge is 2.33. The van der Waals surface area contributed by atoms with Crippen molar-refractivity contribution in [3.05, 3.63) is 35.9 Å². The normalized spacial score (nSPS) is 27.9. The third kappa shape index (κ3) is 4.15. The number of nitrogens with one attached hydrogen (secondary N) is 4. The quantitative estimate of drug-likeness (QED) is 0.633. The van der Waals surface area contributed by atoms with Gasteiger partial charge in [-0.1, -0.05) is 30.3 Å². The summed E-state index contributed by atoms with van der Waals surface area (Å²) in [5.41, 5.74) is 7.98. The van der Waals surface area contributed by atoms with Crippen LogP contribution < -0.4 is 21.5 Å². The molecule has 3 unspecified atom stereocenters. The molecule has 0 bridgehead atoms. The van der Waals surface area contributed by atoms with E-state index in [0.29, 0.717) is 12.1 Å². The Balaban J connectivity index is 1.36. The molecule has 1 aromatic carbocycles. The van der Waals surface area contributed by atoms with Crippen LogP contribution in [-0.2, 0) is 6.42 Å². The number of hydrogen-bond acceptors (Lipinski definition) is 3. The molecular weight excluding hydrogens is 280 g/mol. The Morgan fingerprint density at radius 2 is 2.10 bits per heavy atom. The SMILES string of the molecule is S=C(NCCc1ccccc1)NC1CCC2CNNC2C1. The van der Waals surface area contributed by atoms with Crippen LogP contribution >= 0.6 is 12.2 Å². The van der Waals surface area contributed by atoms with Gasteiger partial charge in [-0.25, -0.2) is 0 Å². The Kier molecular flexibility index (Phi) is 5.06. The summed E-state index contributed by atoms with van der Waals surface area (Å²) in [4.78, 5) is 0. The van der Waals surface area contributed by atoms with E-state index in [1.54, 1.807) is 0 Å². The Hall–Kier alpha value is -1.17. The molecule has 21 heavy (non-hydrogen) atoms. The molecule has 4 N–H and O–H groups in total. The summed E-state index contributed by atoms with van der Waals surface area (Å²) in [6.45, 7) is 1.99. The number of hydrogen-bond donors (Lipinski definition) is 4. The second-order valence-electron chi connectivity index (χ2n) is 6.04. The molecule has 1 aliphatic heterocycles. The van der Waals surface area contributed by atoms with Crippen molar-refractivity contribution >= 4 is 17.3 Å². The van der Waals surface area contributed by atoms with E-state index in [9.17, 15) is 0 Å². The first-order valence-electron chi connectivity index (χ1n) is 7.88. The second-order valence-corrected chi connectivity index (χ2v) is 6.45. The lowest BCUT2D eigenvalue weighted by Gasteiger charge is -2.32. The van der Waals surface area contributed by atoms with Gasteiger partial charge in [0.25, 0.3) is 0 Å². The van der Waals surface area contributed by atoms with Crippen LogP contribution in [0.1, 0.15) is 24.8 Å². The van der Waals surface area contributed by atoms with Gasteiger partial charge in [-0.3, -0.25) is 10.9 Å². The van der Waals surface area contributed by atoms with E-state index < -0.39 is 0 Å². The van der Waals surface area contributed by atoms with Crippen molar-refractivity contribution in [2.75, 3.05) is 13.1 Å². The average molecular weight is 304 g/mol. The molecule has 1 saturated carbocycles. The summed E-state index contributed by atoms with van der Waals surface area (Å²) < 4.78 is 0. The highest BCUT2D eigenvalue weighted by molar-refractivity contribution is 7.80. The minimum atomic E-state index is 0.496. The molecule has 0 aromatic heterocycles. The molecule has 1 saturated heterocycles. The van der Waals surface area contributed by atoms with Gasteiger partial charge in [-0.15, -0.1) is 0 Å². The number of hydrazine groups is 1. The summed E-state index contributed by atoms with van der Waals surface area (Å²) >= 11 is 5.41. The maximum absolute atomic E-state index is 5.41. The third-order valence-corrected chi connectivity index (χ3v) is 4.78. The molecule has 0 spiro atoms. The summed E-state index contributed by atoms with van der Waals surface area (Å²) in [6, 6.07) is 11.6. The van der Waals surface area contributed by atoms with Crippen LogP contribution in [0.4, 0.5) is 0 Å². The van der Waals surface area contributed by atoms with E-state index in [2.05, 4.69) is 45.8 Å². The molecule has 4 nitrogen and oxygen atoms in total. The molecule has 3 rings (SSSR count). The van der Waals surface area contributed by atoms with Crippen molar-refractivity contribution in [2.45, 2.75) is 37.8 Å². The molecule has 114 valence electrons. The van der Waals surface area contributed by atoms with Crippen LogP contribution in [0.5, 0.6) is 0 Å². The zero-order chi connectivity index (χ0) is 14.5. The maximum Gasteiger partial charge on any atom is 0.166 e. The topological polar surface area (TPSA) is 48.1 Å². The number of fused-ring (bicyclic) bond motifs is 1. The fourth-order valence-corrected chi connectivity index (χ4v) is 3.58. The fourth-order valence-electron chi connectivity index (χ4n) is 3.31. The van der Waals surface area contributed by atoms with E-state index in [4.69, 9.17) is 12.2 Å². The van der Waals surface area contributed by atoms with E-state index in [1.807, 2.05) is 6.07 Å². The van der Waals surface area contributed by atoms with Gasteiger partial charge in [0.1, 0.15) is 0 Å². The highest BCUT2D eigenvalue weighted by atomic mass is 32.1. The molecule has 3 atom stereocenters. The molecule has 0 radical (unpaired) electrons. The molecule has 1 heterocycles. The van der Waals surface area contributed by atoms with Gasteiger partial charge in [0.15, 0.2) is 5.11 Å². The van der Waals surface area contributed by atoms with Gasteiger partial charge in [0.05, 0.1) is 0 Å². The summed E-state index contributed by atoms with van der Waals surface area (Å²) in [6.07, 6.45) is 4.64. The number of rotatable bonds is 4. The third-order valence-electron chi connectivity index (χ3n) is 4.52. The van der Waals surface area contributed by atoms with Gasteiger partial charge in [0.2, 0.25) is 0 Å². The average Bonchev–Trinajstić information content (AvgIpc) is 2.96. The maximum atomic E-state index is 5.41. The van der Waals surface area contributed by atoms with Crippen LogP contribution in [0.2, 0.25) is 0 Å². The monoisotopic (exact) mass is 304 g/mol. The summed E-state index contributed by atoms with van der Waals surface area (Å²) in [5.74, 6) is 0.794. The van der Waals surface area contributed by atoms with Gasteiger partial charge >= 0.3 is 0 Å². The first kappa shape index (κ1) is 14.8. The lowest BCUT2D eigenvalue weighted by Crippen LogP contribution is -2.48. The van der Waals surface area contributed by atoms with Crippen LogP contribution in [0.3, 0.4) is 0 Å². The standard InChI is InChI=1S/C16H24N4S/c21-16(17-9-8-12-4-2-1-3-5-12)19-14-7-6-13-11-18-20-15(13)10-14/h1-5,13-15,18,20H,6-11H2,(H2,17,19,21). The van der Waals surface area contributed by atoms with Crippen LogP contribution in [0.15, 0.2) is 30.3 Å². The molecule has 5 heteroatoms. The van der Waals surface area contributed by atoms with E-state index in [0.717, 1.165) is 37.0 Å². The van der Waals surface area contributed by atoms with Gasteiger partial charge in [-0.2, -0.15) is 0 Å². The van der Waals surface area contributed by atoms with Crippen LogP contribution in [0, 0.1) is 5.92 Å². The Bertz CT molecular complexity index is 465. The van der Waals surface area contributed by atoms with Crippen molar-refractivity contribution in [1.82, 2.24) is 21.5 Å². The largest absolute Gasteiger partial charge is 0.362 e. The smallest absolute Gasteiger partial charge is 0.166 e. The van der Waals surface area contributed by atoms with E-state index in [1.165, 1.54) is 18.4 Å². The molecule has 2 fully saturated rings. The summed E-state index contributed by atoms with van der Waals surface area (Å²) in [5, 5.41) is 7.58. The van der Waals surface area contributed by atoms with Crippen LogP contribution in [0.25, 0.3) is 0 Å². The number of benzene rings is 1. The van der Waals surface area contributed by atoms with E-state index in [-0.39, 0.29) is 0 Å². The van der Waals surface area contributed by atoms with Crippen molar-refractivity contribution in [2.24, 2.45) is 5.92 Å². The van der Waals surface area contributed by atoms with Crippen molar-refractivity contribution in [3.8, 4) is 0 Å². The molecule has 1 aromatic rings. The summed E-state index contributed by atoms with van der Waals surface area (Å²) in [7, 11) is 0. The van der Waals surface area contributed by atoms with E-state index >= 15 is 0 Å². The van der Waals surface area contributed by atoms with Crippen molar-refractivity contribution < 1.29 is 0 Å². The van der Waals surface area contributed by atoms with Crippen molar-refractivity contribution in [3.63, 3.8) is 0 Å². The lowest BCUT2D eigenvalue weighted by atomic mass is 9.83. The lowest BCUT2D eigenvalue weighted by molar-refractivity contribution is 0.289. The minimum absolute atomic E-state index is 0.496. The fraction of sp³-hybridized carbons (Fsp3) is 0.562. The molecule has 2 aliphatic rings. The van der Waals surface area contributed by atoms with Crippen molar-refractivity contribution in [1.29, 1.82) is 0 Å². The highest BCUT2D eigenvalue weighted by Crippen LogP contribution is 2.26. The first-order chi connectivity index (χ1) is 10.3. The molecule has 1 aliphatic carbocycles. The minimum Gasteiger partial charge on any atom is -0.362 e. The van der Waals surface area contributed by atoms with Gasteiger partial charge < -0.3 is 10.6 Å². The molecular formula is C16H24N4S. The molecule has 0 amide bonds. The Morgan fingerprint density at radius 1 is 1.24 bits per heavy atom. The van der Waals surface area contributed by atoms with Gasteiger partial charge in [-0.05, 0) is 49.4 Å². The Morgan fingerprint density at radius 3 is 2.95 bits per heavy atom. The zero-order valence-electron chi connectivity index (χ0n) is 12.3.